The quantitative estimate of drug-likeness (QED) is 0.581. The molecular weight excluding hydrogens is 424 g/mol. The minimum absolute atomic E-state index is 0.0556. The van der Waals surface area contributed by atoms with Crippen molar-refractivity contribution in [3.8, 4) is 11.4 Å². The van der Waals surface area contributed by atoms with Crippen molar-refractivity contribution < 1.29 is 9.59 Å². The number of anilines is 1. The van der Waals surface area contributed by atoms with Crippen molar-refractivity contribution >= 4 is 41.0 Å². The lowest BCUT2D eigenvalue weighted by molar-refractivity contribution is -0.113. The van der Waals surface area contributed by atoms with Crippen LogP contribution in [0.1, 0.15) is 35.8 Å². The van der Waals surface area contributed by atoms with E-state index in [1.807, 2.05) is 23.6 Å². The average Bonchev–Trinajstić information content (AvgIpc) is 3.16. The van der Waals surface area contributed by atoms with Gasteiger partial charge in [-0.15, -0.1) is 10.2 Å². The highest BCUT2D eigenvalue weighted by molar-refractivity contribution is 7.99. The molecule has 4 rings (SSSR count). The lowest BCUT2D eigenvalue weighted by Crippen LogP contribution is -2.19. The number of hydrogen-bond donors (Lipinski definition) is 1. The van der Waals surface area contributed by atoms with E-state index < -0.39 is 0 Å². The summed E-state index contributed by atoms with van der Waals surface area (Å²) in [5.41, 5.74) is 2.16. The van der Waals surface area contributed by atoms with Crippen LogP contribution in [-0.2, 0) is 17.8 Å². The topological polar surface area (TPSA) is 103 Å². The largest absolute Gasteiger partial charge is 0.302 e. The van der Waals surface area contributed by atoms with Crippen LogP contribution < -0.4 is 5.32 Å². The molecule has 0 atom stereocenters. The minimum Gasteiger partial charge on any atom is -0.302 e. The first-order chi connectivity index (χ1) is 14.5. The van der Waals surface area contributed by atoms with E-state index in [0.29, 0.717) is 40.8 Å². The maximum absolute atomic E-state index is 12.4. The van der Waals surface area contributed by atoms with Gasteiger partial charge < -0.3 is 4.57 Å². The molecule has 0 unspecified atom stereocenters. The van der Waals surface area contributed by atoms with Crippen LogP contribution in [-0.4, -0.2) is 42.2 Å². The van der Waals surface area contributed by atoms with E-state index in [9.17, 15) is 9.59 Å². The van der Waals surface area contributed by atoms with Gasteiger partial charge in [-0.05, 0) is 44.0 Å². The van der Waals surface area contributed by atoms with Crippen molar-refractivity contribution in [3.63, 3.8) is 0 Å². The smallest absolute Gasteiger partial charge is 0.237 e. The molecule has 1 amide bonds. The number of aromatic nitrogens is 5. The van der Waals surface area contributed by atoms with E-state index >= 15 is 0 Å². The number of benzene rings is 1. The molecule has 1 N–H and O–H groups in total. The number of aryl methyl sites for hydroxylation is 1. The molecule has 30 heavy (non-hydrogen) atoms. The van der Waals surface area contributed by atoms with Gasteiger partial charge in [0.25, 0.3) is 0 Å². The number of Topliss-reactive ketones (excluding diaryl/α,β-unsaturated/α-hetero) is 1. The summed E-state index contributed by atoms with van der Waals surface area (Å²) in [6.07, 6.45) is 3.51. The SMILES string of the molecule is CCn1c(SCC(=O)Nc2ncc3c(n2)CCCC3=O)nnc1-c1ccc(Cl)cc1. The van der Waals surface area contributed by atoms with Gasteiger partial charge in [-0.3, -0.25) is 14.9 Å². The Morgan fingerprint density at radius 2 is 2.03 bits per heavy atom. The second kappa shape index (κ2) is 8.93. The number of hydrogen-bond acceptors (Lipinski definition) is 7. The van der Waals surface area contributed by atoms with Crippen LogP contribution in [0.5, 0.6) is 0 Å². The third-order valence-corrected chi connectivity index (χ3v) is 5.92. The van der Waals surface area contributed by atoms with Gasteiger partial charge in [0.15, 0.2) is 16.8 Å². The van der Waals surface area contributed by atoms with Crippen LogP contribution in [0.25, 0.3) is 11.4 Å². The van der Waals surface area contributed by atoms with E-state index in [-0.39, 0.29) is 23.4 Å². The minimum atomic E-state index is -0.249. The van der Waals surface area contributed by atoms with Crippen LogP contribution in [0.15, 0.2) is 35.6 Å². The van der Waals surface area contributed by atoms with E-state index in [1.165, 1.54) is 18.0 Å². The average molecular weight is 443 g/mol. The standard InChI is InChI=1S/C20H19ClN6O2S/c1-2-27-18(12-6-8-13(21)9-7-12)25-26-20(27)30-11-17(29)24-19-22-10-14-15(23-19)4-3-5-16(14)28/h6-10H,2-5,11H2,1H3,(H,22,23,24,29). The van der Waals surface area contributed by atoms with E-state index in [4.69, 9.17) is 11.6 Å². The van der Waals surface area contributed by atoms with E-state index in [2.05, 4.69) is 25.5 Å². The molecule has 10 heteroatoms. The molecule has 2 heterocycles. The molecule has 0 saturated heterocycles. The number of carbonyl (C=O) groups excluding carboxylic acids is 2. The number of halogens is 1. The zero-order chi connectivity index (χ0) is 21.1. The highest BCUT2D eigenvalue weighted by Crippen LogP contribution is 2.25. The van der Waals surface area contributed by atoms with Gasteiger partial charge in [0.1, 0.15) is 0 Å². The van der Waals surface area contributed by atoms with Gasteiger partial charge in [-0.2, -0.15) is 0 Å². The van der Waals surface area contributed by atoms with Crippen LogP contribution in [0.2, 0.25) is 5.02 Å². The summed E-state index contributed by atoms with van der Waals surface area (Å²) in [4.78, 5) is 32.7. The molecule has 0 fully saturated rings. The fourth-order valence-electron chi connectivity index (χ4n) is 3.24. The normalized spacial score (nSPS) is 13.2. The number of nitrogens with one attached hydrogen (secondary N) is 1. The highest BCUT2D eigenvalue weighted by atomic mass is 35.5. The molecule has 3 aromatic rings. The van der Waals surface area contributed by atoms with Crippen LogP contribution in [0, 0.1) is 0 Å². The number of amides is 1. The van der Waals surface area contributed by atoms with Gasteiger partial charge in [-0.25, -0.2) is 9.97 Å². The zero-order valence-electron chi connectivity index (χ0n) is 16.3. The summed E-state index contributed by atoms with van der Waals surface area (Å²) in [6.45, 7) is 2.66. The van der Waals surface area contributed by atoms with Crippen LogP contribution in [0.4, 0.5) is 5.95 Å². The molecule has 1 aliphatic rings. The summed E-state index contributed by atoms with van der Waals surface area (Å²) in [5.74, 6) is 0.881. The van der Waals surface area contributed by atoms with Crippen molar-refractivity contribution in [2.45, 2.75) is 37.9 Å². The molecule has 0 aliphatic heterocycles. The van der Waals surface area contributed by atoms with Crippen molar-refractivity contribution in [1.82, 2.24) is 24.7 Å². The Labute approximate surface area is 182 Å². The number of rotatable bonds is 6. The first kappa shape index (κ1) is 20.5. The molecule has 154 valence electrons. The number of thioether (sulfide) groups is 1. The zero-order valence-corrected chi connectivity index (χ0v) is 17.8. The lowest BCUT2D eigenvalue weighted by Gasteiger charge is -2.13. The molecular formula is C20H19ClN6O2S. The molecule has 0 radical (unpaired) electrons. The summed E-state index contributed by atoms with van der Waals surface area (Å²) >= 11 is 7.25. The number of carbonyl (C=O) groups is 2. The molecule has 2 aromatic heterocycles. The van der Waals surface area contributed by atoms with Crippen molar-refractivity contribution in [1.29, 1.82) is 0 Å². The Morgan fingerprint density at radius 1 is 1.23 bits per heavy atom. The Balaban J connectivity index is 1.42. The molecule has 0 bridgehead atoms. The van der Waals surface area contributed by atoms with Crippen LogP contribution in [0.3, 0.4) is 0 Å². The van der Waals surface area contributed by atoms with Crippen molar-refractivity contribution in [2.24, 2.45) is 0 Å². The summed E-state index contributed by atoms with van der Waals surface area (Å²) in [5, 5.41) is 12.5. The van der Waals surface area contributed by atoms with E-state index in [1.54, 1.807) is 12.1 Å². The predicted octanol–water partition coefficient (Wildman–Crippen LogP) is 3.66. The maximum atomic E-state index is 12.4. The third-order valence-electron chi connectivity index (χ3n) is 4.70. The maximum Gasteiger partial charge on any atom is 0.237 e. The highest BCUT2D eigenvalue weighted by Gasteiger charge is 2.20. The lowest BCUT2D eigenvalue weighted by atomic mass is 9.96. The molecule has 0 spiro atoms. The van der Waals surface area contributed by atoms with Crippen molar-refractivity contribution in [3.05, 3.63) is 46.7 Å². The van der Waals surface area contributed by atoms with Gasteiger partial charge >= 0.3 is 0 Å². The third kappa shape index (κ3) is 4.36. The fraction of sp³-hybridized carbons (Fsp3) is 0.300. The fourth-order valence-corrected chi connectivity index (χ4v) is 4.16. The summed E-state index contributed by atoms with van der Waals surface area (Å²) in [6, 6.07) is 7.38. The number of ketones is 1. The van der Waals surface area contributed by atoms with Gasteiger partial charge in [0.2, 0.25) is 11.9 Å². The Hall–Kier alpha value is -2.78. The first-order valence-electron chi connectivity index (χ1n) is 9.56. The second-order valence-electron chi connectivity index (χ2n) is 6.72. The molecule has 8 nitrogen and oxygen atoms in total. The first-order valence-corrected chi connectivity index (χ1v) is 10.9. The number of nitrogens with zero attached hydrogens (tertiary/aromatic N) is 5. The predicted molar refractivity (Wildman–Crippen MR) is 115 cm³/mol. The van der Waals surface area contributed by atoms with E-state index in [0.717, 1.165) is 17.8 Å². The Kier molecular flexibility index (Phi) is 6.10. The number of fused-ring (bicyclic) bond motifs is 1. The monoisotopic (exact) mass is 442 g/mol. The van der Waals surface area contributed by atoms with Gasteiger partial charge in [-0.1, -0.05) is 23.4 Å². The Morgan fingerprint density at radius 3 is 2.80 bits per heavy atom. The van der Waals surface area contributed by atoms with Gasteiger partial charge in [0, 0.05) is 29.7 Å². The van der Waals surface area contributed by atoms with Gasteiger partial charge in [0.05, 0.1) is 17.0 Å². The molecule has 0 saturated carbocycles. The Bertz CT molecular complexity index is 1100. The molecule has 1 aliphatic carbocycles. The summed E-state index contributed by atoms with van der Waals surface area (Å²) in [7, 11) is 0. The second-order valence-corrected chi connectivity index (χ2v) is 8.10. The molecule has 1 aromatic carbocycles. The summed E-state index contributed by atoms with van der Waals surface area (Å²) < 4.78 is 1.95. The van der Waals surface area contributed by atoms with Crippen molar-refractivity contribution in [2.75, 3.05) is 11.1 Å². The van der Waals surface area contributed by atoms with Crippen LogP contribution >= 0.6 is 23.4 Å².